The van der Waals surface area contributed by atoms with Crippen LogP contribution in [0, 0.1) is 0 Å². The summed E-state index contributed by atoms with van der Waals surface area (Å²) < 4.78 is 0. The molecule has 4 heteroatoms. The Kier molecular flexibility index (Phi) is 4.12. The lowest BCUT2D eigenvalue weighted by molar-refractivity contribution is -0.117. The number of benzene rings is 1. The van der Waals surface area contributed by atoms with Gasteiger partial charge in [0.05, 0.1) is 18.1 Å². The van der Waals surface area contributed by atoms with E-state index >= 15 is 0 Å². The van der Waals surface area contributed by atoms with Crippen LogP contribution in [0.2, 0.25) is 0 Å². The van der Waals surface area contributed by atoms with E-state index in [-0.39, 0.29) is 18.4 Å². The van der Waals surface area contributed by atoms with Crippen molar-refractivity contribution in [1.82, 2.24) is 0 Å². The van der Waals surface area contributed by atoms with Crippen LogP contribution in [-0.4, -0.2) is 22.7 Å². The summed E-state index contributed by atoms with van der Waals surface area (Å²) in [6, 6.07) is 7.34. The Morgan fingerprint density at radius 1 is 1.47 bits per heavy atom. The van der Waals surface area contributed by atoms with Gasteiger partial charge in [-0.25, -0.2) is 0 Å². The van der Waals surface area contributed by atoms with Crippen LogP contribution in [0.25, 0.3) is 0 Å². The van der Waals surface area contributed by atoms with Crippen molar-refractivity contribution in [2.24, 2.45) is 5.73 Å². The highest BCUT2D eigenvalue weighted by Crippen LogP contribution is 2.20. The summed E-state index contributed by atoms with van der Waals surface area (Å²) in [7, 11) is 0. The molecule has 1 aromatic carbocycles. The molecule has 94 valence electrons. The Hall–Kier alpha value is -1.55. The number of carbonyl (C=O) groups is 1. The Bertz CT molecular complexity index is 397. The topological polar surface area (TPSA) is 75.3 Å². The van der Waals surface area contributed by atoms with Gasteiger partial charge in [-0.05, 0) is 32.4 Å². The minimum absolute atomic E-state index is 0.128. The third kappa shape index (κ3) is 4.07. The first-order valence-electron chi connectivity index (χ1n) is 5.66. The zero-order valence-electron chi connectivity index (χ0n) is 10.5. The average Bonchev–Trinajstić information content (AvgIpc) is 2.18. The zero-order valence-corrected chi connectivity index (χ0v) is 10.5. The van der Waals surface area contributed by atoms with Gasteiger partial charge in [0.25, 0.3) is 0 Å². The summed E-state index contributed by atoms with van der Waals surface area (Å²) in [5, 5.41) is 13.1. The molecule has 1 rings (SSSR count). The van der Waals surface area contributed by atoms with Crippen LogP contribution in [0.1, 0.15) is 26.3 Å². The van der Waals surface area contributed by atoms with E-state index in [4.69, 9.17) is 5.73 Å². The highest BCUT2D eigenvalue weighted by molar-refractivity contribution is 5.78. The second-order valence-electron chi connectivity index (χ2n) is 4.82. The second kappa shape index (κ2) is 5.19. The van der Waals surface area contributed by atoms with Crippen molar-refractivity contribution in [3.63, 3.8) is 0 Å². The number of hydrogen-bond donors (Lipinski definition) is 3. The lowest BCUT2D eigenvalue weighted by Crippen LogP contribution is -2.39. The van der Waals surface area contributed by atoms with Gasteiger partial charge in [-0.1, -0.05) is 18.2 Å². The lowest BCUT2D eigenvalue weighted by atomic mass is 9.99. The number of hydrogen-bond acceptors (Lipinski definition) is 3. The molecule has 0 radical (unpaired) electrons. The van der Waals surface area contributed by atoms with Crippen LogP contribution >= 0.6 is 0 Å². The fourth-order valence-electron chi connectivity index (χ4n) is 1.41. The molecule has 0 fully saturated rings. The number of nitrogens with two attached hydrogens (primary N) is 1. The summed E-state index contributed by atoms with van der Waals surface area (Å²) in [6.07, 6.45) is 0.196. The Morgan fingerprint density at radius 3 is 2.59 bits per heavy atom. The third-order valence-electron chi connectivity index (χ3n) is 2.81. The van der Waals surface area contributed by atoms with Gasteiger partial charge in [0.1, 0.15) is 0 Å². The molecule has 4 nitrogen and oxygen atoms in total. The van der Waals surface area contributed by atoms with E-state index in [2.05, 4.69) is 5.32 Å². The second-order valence-corrected chi connectivity index (χ2v) is 4.82. The number of nitrogens with one attached hydrogen (secondary N) is 1. The van der Waals surface area contributed by atoms with Crippen molar-refractivity contribution in [2.75, 3.05) is 5.32 Å². The van der Waals surface area contributed by atoms with E-state index in [0.717, 1.165) is 11.3 Å². The Labute approximate surface area is 102 Å². The number of primary amides is 1. The average molecular weight is 236 g/mol. The molecule has 0 aliphatic heterocycles. The summed E-state index contributed by atoms with van der Waals surface area (Å²) in [4.78, 5) is 10.9. The highest BCUT2D eigenvalue weighted by atomic mass is 16.3. The normalized spacial score (nSPS) is 13.2. The van der Waals surface area contributed by atoms with Gasteiger partial charge in [0, 0.05) is 5.69 Å². The largest absolute Gasteiger partial charge is 0.388 e. The van der Waals surface area contributed by atoms with Gasteiger partial charge in [-0.15, -0.1) is 0 Å². The molecule has 0 spiro atoms. The number of para-hydroxylation sites is 1. The predicted molar refractivity (Wildman–Crippen MR) is 68.7 cm³/mol. The van der Waals surface area contributed by atoms with Gasteiger partial charge in [0.2, 0.25) is 5.91 Å². The highest BCUT2D eigenvalue weighted by Gasteiger charge is 2.22. The fraction of sp³-hybridized carbons (Fsp3) is 0.462. The quantitative estimate of drug-likeness (QED) is 0.721. The monoisotopic (exact) mass is 236 g/mol. The lowest BCUT2D eigenvalue weighted by Gasteiger charge is -2.28. The van der Waals surface area contributed by atoms with E-state index in [1.165, 1.54) is 0 Å². The molecule has 0 heterocycles. The Balaban J connectivity index is 2.87. The molecule has 0 aliphatic rings. The summed E-state index contributed by atoms with van der Waals surface area (Å²) in [5.41, 5.74) is 6.04. The summed E-state index contributed by atoms with van der Waals surface area (Å²) in [5.74, 6) is -0.366. The van der Waals surface area contributed by atoms with Gasteiger partial charge in [0.15, 0.2) is 0 Å². The maximum absolute atomic E-state index is 10.9. The fourth-order valence-corrected chi connectivity index (χ4v) is 1.41. The number of carbonyl (C=O) groups excluding carboxylic acids is 1. The van der Waals surface area contributed by atoms with Crippen LogP contribution in [-0.2, 0) is 11.2 Å². The van der Waals surface area contributed by atoms with Gasteiger partial charge in [-0.2, -0.15) is 0 Å². The summed E-state index contributed by atoms with van der Waals surface area (Å²) in [6.45, 7) is 5.36. The van der Waals surface area contributed by atoms with Crippen LogP contribution in [0.15, 0.2) is 24.3 Å². The summed E-state index contributed by atoms with van der Waals surface area (Å²) >= 11 is 0. The van der Waals surface area contributed by atoms with Gasteiger partial charge >= 0.3 is 0 Å². The van der Waals surface area contributed by atoms with Crippen LogP contribution in [0.4, 0.5) is 5.69 Å². The molecule has 1 amide bonds. The van der Waals surface area contributed by atoms with Crippen molar-refractivity contribution < 1.29 is 9.90 Å². The molecule has 0 saturated carbocycles. The molecular weight excluding hydrogens is 216 g/mol. The Morgan fingerprint density at radius 2 is 2.06 bits per heavy atom. The van der Waals surface area contributed by atoms with E-state index in [1.54, 1.807) is 13.8 Å². The number of anilines is 1. The molecule has 1 aromatic rings. The van der Waals surface area contributed by atoms with Crippen molar-refractivity contribution in [2.45, 2.75) is 38.8 Å². The smallest absolute Gasteiger partial charge is 0.221 e. The predicted octanol–water partition coefficient (Wildman–Crippen LogP) is 1.29. The minimum atomic E-state index is -0.833. The third-order valence-corrected chi connectivity index (χ3v) is 2.81. The van der Waals surface area contributed by atoms with Crippen LogP contribution in [0.5, 0.6) is 0 Å². The SMILES string of the molecule is CC(Nc1ccccc1CC(N)=O)C(C)(C)O. The van der Waals surface area contributed by atoms with E-state index in [9.17, 15) is 9.90 Å². The van der Waals surface area contributed by atoms with Crippen LogP contribution in [0.3, 0.4) is 0 Å². The number of aliphatic hydroxyl groups is 1. The molecule has 1 atom stereocenters. The molecule has 4 N–H and O–H groups in total. The molecule has 1 unspecified atom stereocenters. The standard InChI is InChI=1S/C13H20N2O2/c1-9(13(2,3)17)15-11-7-5-4-6-10(11)8-12(14)16/h4-7,9,15,17H,8H2,1-3H3,(H2,14,16). The molecule has 0 aliphatic carbocycles. The van der Waals surface area contributed by atoms with Crippen molar-refractivity contribution in [3.8, 4) is 0 Å². The first kappa shape index (κ1) is 13.5. The van der Waals surface area contributed by atoms with E-state index in [0.29, 0.717) is 0 Å². The molecular formula is C13H20N2O2. The number of amides is 1. The maximum Gasteiger partial charge on any atom is 0.221 e. The van der Waals surface area contributed by atoms with Gasteiger partial charge in [-0.3, -0.25) is 4.79 Å². The molecule has 0 saturated heterocycles. The maximum atomic E-state index is 10.9. The zero-order chi connectivity index (χ0) is 13.1. The van der Waals surface area contributed by atoms with Crippen molar-refractivity contribution in [3.05, 3.63) is 29.8 Å². The van der Waals surface area contributed by atoms with Gasteiger partial charge < -0.3 is 16.2 Å². The van der Waals surface area contributed by atoms with Crippen molar-refractivity contribution in [1.29, 1.82) is 0 Å². The van der Waals surface area contributed by atoms with E-state index in [1.807, 2.05) is 31.2 Å². The molecule has 0 aromatic heterocycles. The minimum Gasteiger partial charge on any atom is -0.388 e. The van der Waals surface area contributed by atoms with Crippen LogP contribution < -0.4 is 11.1 Å². The van der Waals surface area contributed by atoms with E-state index < -0.39 is 5.60 Å². The number of rotatable bonds is 5. The molecule has 17 heavy (non-hydrogen) atoms. The first-order valence-corrected chi connectivity index (χ1v) is 5.66. The molecule has 0 bridgehead atoms. The van der Waals surface area contributed by atoms with Crippen molar-refractivity contribution >= 4 is 11.6 Å². The first-order chi connectivity index (χ1) is 7.80.